The first-order chi connectivity index (χ1) is 11.6. The van der Waals surface area contributed by atoms with E-state index < -0.39 is 0 Å². The van der Waals surface area contributed by atoms with Crippen molar-refractivity contribution in [3.8, 4) is 0 Å². The fraction of sp³-hybridized carbons (Fsp3) is 0.444. The van der Waals surface area contributed by atoms with Gasteiger partial charge in [-0.2, -0.15) is 0 Å². The number of nitrogens with zero attached hydrogens (tertiary/aromatic N) is 2. The summed E-state index contributed by atoms with van der Waals surface area (Å²) in [6.07, 6.45) is 0.930. The van der Waals surface area contributed by atoms with Crippen molar-refractivity contribution in [2.45, 2.75) is 32.2 Å². The van der Waals surface area contributed by atoms with Crippen LogP contribution in [0.1, 0.15) is 54.0 Å². The molecule has 0 aliphatic carbocycles. The summed E-state index contributed by atoms with van der Waals surface area (Å²) >= 11 is 0. The maximum Gasteiger partial charge on any atom is 0.293 e. The van der Waals surface area contributed by atoms with Crippen LogP contribution in [0.3, 0.4) is 0 Å². The lowest BCUT2D eigenvalue weighted by atomic mass is 10.0. The molecule has 0 bridgehead atoms. The predicted octanol–water partition coefficient (Wildman–Crippen LogP) is 3.11. The first kappa shape index (κ1) is 16.6. The Morgan fingerprint density at radius 1 is 1.50 bits per heavy atom. The minimum atomic E-state index is -0.302. The van der Waals surface area contributed by atoms with Crippen molar-refractivity contribution in [1.82, 2.24) is 15.4 Å². The van der Waals surface area contributed by atoms with Crippen molar-refractivity contribution in [1.29, 1.82) is 0 Å². The van der Waals surface area contributed by atoms with E-state index in [0.29, 0.717) is 19.6 Å². The Balaban J connectivity index is 1.85. The summed E-state index contributed by atoms with van der Waals surface area (Å²) in [5.74, 6) is -0.0112. The highest BCUT2D eigenvalue weighted by Gasteiger charge is 2.31. The number of hydrogen-bond donors (Lipinski definition) is 1. The van der Waals surface area contributed by atoms with Gasteiger partial charge in [-0.25, -0.2) is 4.39 Å². The van der Waals surface area contributed by atoms with Crippen molar-refractivity contribution in [2.24, 2.45) is 0 Å². The lowest BCUT2D eigenvalue weighted by Crippen LogP contribution is -2.48. The second-order valence-electron chi connectivity index (χ2n) is 6.20. The molecule has 2 unspecified atom stereocenters. The van der Waals surface area contributed by atoms with Crippen LogP contribution < -0.4 is 5.32 Å². The third-order valence-electron chi connectivity index (χ3n) is 4.59. The Kier molecular flexibility index (Phi) is 4.94. The highest BCUT2D eigenvalue weighted by Crippen LogP contribution is 2.26. The number of rotatable bonds is 4. The Bertz CT molecular complexity index is 716. The molecule has 0 radical (unpaired) electrons. The van der Waals surface area contributed by atoms with E-state index in [9.17, 15) is 9.18 Å². The molecule has 0 saturated carbocycles. The van der Waals surface area contributed by atoms with Gasteiger partial charge < -0.3 is 14.7 Å². The zero-order chi connectivity index (χ0) is 17.1. The molecule has 0 spiro atoms. The average Bonchev–Trinajstić information content (AvgIpc) is 3.10. The molecule has 2 aromatic rings. The van der Waals surface area contributed by atoms with E-state index in [-0.39, 0.29) is 29.4 Å². The summed E-state index contributed by atoms with van der Waals surface area (Å²) in [6.45, 7) is 5.94. The third kappa shape index (κ3) is 3.33. The Morgan fingerprint density at radius 2 is 2.33 bits per heavy atom. The maximum atomic E-state index is 13.6. The van der Waals surface area contributed by atoms with Crippen LogP contribution >= 0.6 is 0 Å². The fourth-order valence-electron chi connectivity index (χ4n) is 2.93. The normalized spacial score (nSPS) is 19.3. The number of hydrogen-bond acceptors (Lipinski definition) is 4. The molecule has 1 amide bonds. The molecule has 6 heteroatoms. The number of benzene rings is 1. The number of halogens is 1. The van der Waals surface area contributed by atoms with E-state index in [2.05, 4.69) is 17.4 Å². The van der Waals surface area contributed by atoms with Crippen molar-refractivity contribution in [3.63, 3.8) is 0 Å². The topological polar surface area (TPSA) is 58.4 Å². The van der Waals surface area contributed by atoms with Gasteiger partial charge in [-0.3, -0.25) is 4.79 Å². The van der Waals surface area contributed by atoms with Gasteiger partial charge >= 0.3 is 0 Å². The number of carbonyl (C=O) groups is 1. The van der Waals surface area contributed by atoms with E-state index in [1.165, 1.54) is 12.1 Å². The molecule has 3 rings (SSSR count). The van der Waals surface area contributed by atoms with Gasteiger partial charge in [0.15, 0.2) is 0 Å². The molecule has 1 aromatic heterocycles. The molecule has 128 valence electrons. The van der Waals surface area contributed by atoms with Crippen LogP contribution in [0.25, 0.3) is 0 Å². The third-order valence-corrected chi connectivity index (χ3v) is 4.59. The monoisotopic (exact) mass is 331 g/mol. The molecule has 2 atom stereocenters. The van der Waals surface area contributed by atoms with E-state index in [0.717, 1.165) is 17.7 Å². The second-order valence-corrected chi connectivity index (χ2v) is 6.20. The van der Waals surface area contributed by atoms with Gasteiger partial charge in [0.2, 0.25) is 5.76 Å². The second kappa shape index (κ2) is 7.13. The number of amides is 1. The molecular weight excluding hydrogens is 309 g/mol. The summed E-state index contributed by atoms with van der Waals surface area (Å²) in [7, 11) is 0. The number of aromatic nitrogens is 1. The van der Waals surface area contributed by atoms with Crippen LogP contribution in [-0.4, -0.2) is 35.6 Å². The molecular formula is C18H22FN3O2. The minimum Gasteiger partial charge on any atom is -0.351 e. The fourth-order valence-corrected chi connectivity index (χ4v) is 2.93. The number of piperazine rings is 1. The van der Waals surface area contributed by atoms with E-state index in [1.54, 1.807) is 17.0 Å². The maximum absolute atomic E-state index is 13.6. The standard InChI is InChI=1S/C18H22FN3O2/c1-3-12(2)15-10-17(24-21-15)18(23)22-8-7-20-11-16(22)13-5-4-6-14(19)9-13/h4-6,9-10,12,16,20H,3,7-8,11H2,1-2H3. The average molecular weight is 331 g/mol. The quantitative estimate of drug-likeness (QED) is 0.935. The molecule has 1 N–H and O–H groups in total. The molecule has 2 heterocycles. The van der Waals surface area contributed by atoms with Gasteiger partial charge in [0.1, 0.15) is 5.82 Å². The zero-order valence-corrected chi connectivity index (χ0v) is 14.0. The summed E-state index contributed by atoms with van der Waals surface area (Å²) < 4.78 is 18.8. The lowest BCUT2D eigenvalue weighted by Gasteiger charge is -2.35. The van der Waals surface area contributed by atoms with Crippen LogP contribution in [0, 0.1) is 5.82 Å². The van der Waals surface area contributed by atoms with E-state index in [1.807, 2.05) is 13.0 Å². The molecule has 1 saturated heterocycles. The van der Waals surface area contributed by atoms with Crippen molar-refractivity contribution < 1.29 is 13.7 Å². The van der Waals surface area contributed by atoms with Gasteiger partial charge in [0.05, 0.1) is 11.7 Å². The minimum absolute atomic E-state index is 0.201. The Labute approximate surface area is 140 Å². The van der Waals surface area contributed by atoms with Crippen LogP contribution in [0.4, 0.5) is 4.39 Å². The van der Waals surface area contributed by atoms with Crippen molar-refractivity contribution in [2.75, 3.05) is 19.6 Å². The van der Waals surface area contributed by atoms with Crippen LogP contribution in [0.2, 0.25) is 0 Å². The highest BCUT2D eigenvalue weighted by atomic mass is 19.1. The highest BCUT2D eigenvalue weighted by molar-refractivity contribution is 5.92. The summed E-state index contributed by atoms with van der Waals surface area (Å²) in [5, 5.41) is 7.28. The van der Waals surface area contributed by atoms with Crippen LogP contribution in [-0.2, 0) is 0 Å². The van der Waals surface area contributed by atoms with Gasteiger partial charge in [-0.15, -0.1) is 0 Å². The first-order valence-corrected chi connectivity index (χ1v) is 8.34. The number of carbonyl (C=O) groups excluding carboxylic acids is 1. The van der Waals surface area contributed by atoms with Crippen molar-refractivity contribution >= 4 is 5.91 Å². The molecule has 24 heavy (non-hydrogen) atoms. The van der Waals surface area contributed by atoms with Gasteiger partial charge in [-0.05, 0) is 24.1 Å². The molecule has 5 nitrogen and oxygen atoms in total. The van der Waals surface area contributed by atoms with Gasteiger partial charge in [0.25, 0.3) is 5.91 Å². The largest absolute Gasteiger partial charge is 0.351 e. The summed E-state index contributed by atoms with van der Waals surface area (Å²) in [4.78, 5) is 14.6. The van der Waals surface area contributed by atoms with Crippen LogP contribution in [0.5, 0.6) is 0 Å². The Morgan fingerprint density at radius 3 is 3.08 bits per heavy atom. The first-order valence-electron chi connectivity index (χ1n) is 8.34. The molecule has 1 aromatic carbocycles. The number of nitrogens with one attached hydrogen (secondary N) is 1. The summed E-state index contributed by atoms with van der Waals surface area (Å²) in [5.41, 5.74) is 1.57. The van der Waals surface area contributed by atoms with Crippen molar-refractivity contribution in [3.05, 3.63) is 53.2 Å². The predicted molar refractivity (Wildman–Crippen MR) is 88.3 cm³/mol. The van der Waals surface area contributed by atoms with E-state index >= 15 is 0 Å². The SMILES string of the molecule is CCC(C)c1cc(C(=O)N2CCNCC2c2cccc(F)c2)on1. The van der Waals surface area contributed by atoms with Gasteiger partial charge in [0, 0.05) is 31.6 Å². The van der Waals surface area contributed by atoms with Gasteiger partial charge in [-0.1, -0.05) is 31.1 Å². The lowest BCUT2D eigenvalue weighted by molar-refractivity contribution is 0.0591. The molecule has 1 aliphatic rings. The summed E-state index contributed by atoms with van der Waals surface area (Å²) in [6, 6.07) is 7.88. The van der Waals surface area contributed by atoms with Crippen LogP contribution in [0.15, 0.2) is 34.9 Å². The van der Waals surface area contributed by atoms with E-state index in [4.69, 9.17) is 4.52 Å². The molecule has 1 aliphatic heterocycles. The zero-order valence-electron chi connectivity index (χ0n) is 14.0. The smallest absolute Gasteiger partial charge is 0.293 e. The Hall–Kier alpha value is -2.21. The molecule has 1 fully saturated rings.